The zero-order valence-corrected chi connectivity index (χ0v) is 13.8. The quantitative estimate of drug-likeness (QED) is 0.469. The summed E-state index contributed by atoms with van der Waals surface area (Å²) in [6.07, 6.45) is -4.47. The molecule has 1 aliphatic heterocycles. The predicted octanol–water partition coefficient (Wildman–Crippen LogP) is -1.17. The Kier molecular flexibility index (Phi) is 6.32. The van der Waals surface area contributed by atoms with Crippen LogP contribution in [-0.2, 0) is 9.53 Å². The van der Waals surface area contributed by atoms with Crippen molar-refractivity contribution in [2.75, 3.05) is 13.7 Å². The van der Waals surface area contributed by atoms with E-state index in [1.807, 2.05) is 0 Å². The van der Waals surface area contributed by atoms with E-state index in [4.69, 9.17) is 14.2 Å². The summed E-state index contributed by atoms with van der Waals surface area (Å²) in [4.78, 5) is 22.2. The first-order valence-electron chi connectivity index (χ1n) is 7.60. The Labute approximate surface area is 144 Å². The molecule has 1 amide bonds. The summed E-state index contributed by atoms with van der Waals surface area (Å²) in [6.45, 7) is 0.694. The third-order valence-corrected chi connectivity index (χ3v) is 3.82. The second-order valence-corrected chi connectivity index (χ2v) is 5.58. The van der Waals surface area contributed by atoms with Gasteiger partial charge in [-0.3, -0.25) is 9.59 Å². The van der Waals surface area contributed by atoms with Gasteiger partial charge in [0, 0.05) is 12.5 Å². The average molecular weight is 355 g/mol. The predicted molar refractivity (Wildman–Crippen MR) is 84.4 cm³/mol. The highest BCUT2D eigenvalue weighted by Crippen LogP contribution is 2.31. The minimum Gasteiger partial charge on any atom is -0.493 e. The second kappa shape index (κ2) is 8.26. The van der Waals surface area contributed by atoms with Crippen molar-refractivity contribution in [1.29, 1.82) is 0 Å². The van der Waals surface area contributed by atoms with Crippen LogP contribution in [0.5, 0.6) is 11.5 Å². The van der Waals surface area contributed by atoms with Gasteiger partial charge in [-0.05, 0) is 18.2 Å². The topological polar surface area (TPSA) is 135 Å². The molecule has 0 aromatic heterocycles. The highest BCUT2D eigenvalue weighted by molar-refractivity contribution is 5.76. The van der Waals surface area contributed by atoms with Crippen LogP contribution >= 0.6 is 0 Å². The van der Waals surface area contributed by atoms with Crippen molar-refractivity contribution in [2.24, 2.45) is 0 Å². The monoisotopic (exact) mass is 355 g/mol. The molecule has 1 aliphatic rings. The first-order chi connectivity index (χ1) is 11.9. The van der Waals surface area contributed by atoms with E-state index < -0.39 is 43.2 Å². The average Bonchev–Trinajstić information content (AvgIpc) is 2.61. The highest BCUT2D eigenvalue weighted by atomic mass is 16.7. The maximum absolute atomic E-state index is 11.4. The van der Waals surface area contributed by atoms with Gasteiger partial charge in [-0.1, -0.05) is 0 Å². The van der Waals surface area contributed by atoms with Gasteiger partial charge in [0.1, 0.15) is 30.6 Å². The number of methoxy groups -OCH3 is 1. The summed E-state index contributed by atoms with van der Waals surface area (Å²) >= 11 is 0. The van der Waals surface area contributed by atoms with Gasteiger partial charge >= 0.3 is 0 Å². The molecule has 4 N–H and O–H groups in total. The molecular weight excluding hydrogens is 334 g/mol. The number of benzene rings is 1. The standard InChI is InChI=1S/C16H21NO8/c1-8(20)17-13-15(22)14(21)12(7-19)25-16(13)24-10-4-3-9(6-18)5-11(10)23-2/h3-6,12-16,19,21-22H,7H2,1-2H3,(H,17,20)/t12-,13-,14-,15-,16-/m1/s1. The van der Waals surface area contributed by atoms with Gasteiger partial charge in [0.15, 0.2) is 11.5 Å². The molecule has 0 unspecified atom stereocenters. The van der Waals surface area contributed by atoms with Gasteiger partial charge < -0.3 is 34.8 Å². The lowest BCUT2D eigenvalue weighted by Crippen LogP contribution is -2.65. The van der Waals surface area contributed by atoms with Crippen LogP contribution in [0.2, 0.25) is 0 Å². The van der Waals surface area contributed by atoms with Crippen molar-refractivity contribution in [1.82, 2.24) is 5.32 Å². The third kappa shape index (κ3) is 4.26. The molecule has 0 spiro atoms. The summed E-state index contributed by atoms with van der Waals surface area (Å²) in [7, 11) is 1.39. The lowest BCUT2D eigenvalue weighted by molar-refractivity contribution is -0.244. The van der Waals surface area contributed by atoms with Gasteiger partial charge in [0.05, 0.1) is 13.7 Å². The van der Waals surface area contributed by atoms with E-state index in [0.29, 0.717) is 11.8 Å². The fourth-order valence-corrected chi connectivity index (χ4v) is 2.55. The van der Waals surface area contributed by atoms with Crippen LogP contribution in [0.15, 0.2) is 18.2 Å². The van der Waals surface area contributed by atoms with Gasteiger partial charge in [-0.25, -0.2) is 0 Å². The molecule has 1 heterocycles. The molecule has 0 saturated carbocycles. The highest BCUT2D eigenvalue weighted by Gasteiger charge is 2.46. The van der Waals surface area contributed by atoms with Gasteiger partial charge in [0.2, 0.25) is 12.2 Å². The number of ether oxygens (including phenoxy) is 3. The lowest BCUT2D eigenvalue weighted by atomic mass is 9.97. The van der Waals surface area contributed by atoms with Gasteiger partial charge in [-0.2, -0.15) is 0 Å². The minimum absolute atomic E-state index is 0.203. The molecule has 25 heavy (non-hydrogen) atoms. The number of rotatable bonds is 6. The molecule has 0 bridgehead atoms. The molecule has 9 heteroatoms. The van der Waals surface area contributed by atoms with Crippen molar-refractivity contribution in [3.05, 3.63) is 23.8 Å². The number of amides is 1. The smallest absolute Gasteiger partial charge is 0.223 e. The van der Waals surface area contributed by atoms with Crippen molar-refractivity contribution in [2.45, 2.75) is 37.6 Å². The van der Waals surface area contributed by atoms with Crippen LogP contribution in [0.25, 0.3) is 0 Å². The number of aliphatic hydroxyl groups is 3. The summed E-state index contributed by atoms with van der Waals surface area (Å²) in [6, 6.07) is 3.34. The molecule has 5 atom stereocenters. The summed E-state index contributed by atoms with van der Waals surface area (Å²) < 4.78 is 16.3. The van der Waals surface area contributed by atoms with Crippen molar-refractivity contribution in [3.8, 4) is 11.5 Å². The SMILES string of the molecule is COc1cc(C=O)ccc1O[C@@H]1O[C@H](CO)[C@@H](O)[C@H](O)[C@H]1NC(C)=O. The molecular formula is C16H21NO8. The Hall–Kier alpha value is -2.20. The lowest BCUT2D eigenvalue weighted by Gasteiger charge is -2.42. The number of carbonyl (C=O) groups is 2. The minimum atomic E-state index is -1.42. The molecule has 1 fully saturated rings. The molecule has 1 saturated heterocycles. The normalized spacial score (nSPS) is 28.9. The Bertz CT molecular complexity index is 622. The van der Waals surface area contributed by atoms with E-state index in [-0.39, 0.29) is 11.5 Å². The van der Waals surface area contributed by atoms with Gasteiger partial charge in [-0.15, -0.1) is 0 Å². The maximum atomic E-state index is 11.4. The largest absolute Gasteiger partial charge is 0.493 e. The molecule has 1 aromatic rings. The number of hydrogen-bond donors (Lipinski definition) is 4. The summed E-state index contributed by atoms with van der Waals surface area (Å²) in [5, 5.41) is 32.0. The number of aliphatic hydroxyl groups excluding tert-OH is 3. The molecule has 0 radical (unpaired) electrons. The summed E-state index contributed by atoms with van der Waals surface area (Å²) in [5.41, 5.74) is 0.371. The summed E-state index contributed by atoms with van der Waals surface area (Å²) in [5.74, 6) is -0.0103. The van der Waals surface area contributed by atoms with E-state index in [1.54, 1.807) is 0 Å². The van der Waals surface area contributed by atoms with E-state index in [1.165, 1.54) is 32.2 Å². The molecule has 1 aromatic carbocycles. The zero-order chi connectivity index (χ0) is 18.6. The Morgan fingerprint density at radius 1 is 1.32 bits per heavy atom. The van der Waals surface area contributed by atoms with Crippen molar-refractivity contribution < 1.29 is 39.1 Å². The van der Waals surface area contributed by atoms with E-state index >= 15 is 0 Å². The first-order valence-corrected chi connectivity index (χ1v) is 7.60. The fourth-order valence-electron chi connectivity index (χ4n) is 2.55. The van der Waals surface area contributed by atoms with Crippen LogP contribution in [-0.4, -0.2) is 71.9 Å². The first kappa shape index (κ1) is 19.1. The van der Waals surface area contributed by atoms with Crippen LogP contribution in [0.3, 0.4) is 0 Å². The van der Waals surface area contributed by atoms with Crippen LogP contribution in [0.4, 0.5) is 0 Å². The molecule has 138 valence electrons. The van der Waals surface area contributed by atoms with E-state index in [2.05, 4.69) is 5.32 Å². The number of nitrogens with one attached hydrogen (secondary N) is 1. The Balaban J connectivity index is 2.29. The molecule has 0 aliphatic carbocycles. The zero-order valence-electron chi connectivity index (χ0n) is 13.8. The molecule has 2 rings (SSSR count). The Morgan fingerprint density at radius 3 is 2.60 bits per heavy atom. The Morgan fingerprint density at radius 2 is 2.04 bits per heavy atom. The fraction of sp³-hybridized carbons (Fsp3) is 0.500. The van der Waals surface area contributed by atoms with E-state index in [0.717, 1.165) is 0 Å². The second-order valence-electron chi connectivity index (χ2n) is 5.58. The van der Waals surface area contributed by atoms with Crippen molar-refractivity contribution in [3.63, 3.8) is 0 Å². The van der Waals surface area contributed by atoms with Crippen LogP contribution in [0.1, 0.15) is 17.3 Å². The van der Waals surface area contributed by atoms with E-state index in [9.17, 15) is 24.9 Å². The maximum Gasteiger partial charge on any atom is 0.223 e. The van der Waals surface area contributed by atoms with Crippen LogP contribution < -0.4 is 14.8 Å². The van der Waals surface area contributed by atoms with Crippen LogP contribution in [0, 0.1) is 0 Å². The van der Waals surface area contributed by atoms with Gasteiger partial charge in [0.25, 0.3) is 0 Å². The number of hydrogen-bond acceptors (Lipinski definition) is 8. The third-order valence-electron chi connectivity index (χ3n) is 3.82. The van der Waals surface area contributed by atoms with Crippen molar-refractivity contribution >= 4 is 12.2 Å². The number of carbonyl (C=O) groups excluding carboxylic acids is 2. The number of aldehydes is 1. The molecule has 9 nitrogen and oxygen atoms in total.